The van der Waals surface area contributed by atoms with Gasteiger partial charge in [-0.3, -0.25) is 4.79 Å². The van der Waals surface area contributed by atoms with Crippen molar-refractivity contribution in [1.82, 2.24) is 5.32 Å². The molecule has 0 saturated carbocycles. The molecule has 18 heavy (non-hydrogen) atoms. The summed E-state index contributed by atoms with van der Waals surface area (Å²) in [4.78, 5) is 10.7. The predicted octanol–water partition coefficient (Wildman–Crippen LogP) is -0.0688. The normalized spacial score (nSPS) is 13.8. The minimum Gasteiger partial charge on any atom is -0.508 e. The predicted molar refractivity (Wildman–Crippen MR) is 64.3 cm³/mol. The lowest BCUT2D eigenvalue weighted by Crippen LogP contribution is -2.34. The number of ether oxygens (including phenoxy) is 1. The summed E-state index contributed by atoms with van der Waals surface area (Å²) >= 11 is 0. The quantitative estimate of drug-likeness (QED) is 0.590. The van der Waals surface area contributed by atoms with E-state index in [0.29, 0.717) is 5.75 Å². The molecule has 0 radical (unpaired) electrons. The Bertz CT molecular complexity index is 421. The SMILES string of the molecule is COc1ccc(O)cc1C(O)C(O)CNC(C)=O. The molecule has 0 aromatic heterocycles. The first-order valence-corrected chi connectivity index (χ1v) is 5.43. The van der Waals surface area contributed by atoms with Crippen LogP contribution in [0.15, 0.2) is 18.2 Å². The molecule has 2 unspecified atom stereocenters. The number of aliphatic hydroxyl groups is 2. The number of phenolic OH excluding ortho intramolecular Hbond substituents is 1. The van der Waals surface area contributed by atoms with Crippen LogP contribution in [0.4, 0.5) is 0 Å². The van der Waals surface area contributed by atoms with E-state index >= 15 is 0 Å². The van der Waals surface area contributed by atoms with Crippen LogP contribution >= 0.6 is 0 Å². The van der Waals surface area contributed by atoms with E-state index in [2.05, 4.69) is 5.32 Å². The fourth-order valence-corrected chi connectivity index (χ4v) is 1.52. The molecular formula is C12H17NO5. The third-order valence-corrected chi connectivity index (χ3v) is 2.46. The van der Waals surface area contributed by atoms with Crippen LogP contribution in [0.3, 0.4) is 0 Å². The van der Waals surface area contributed by atoms with Crippen LogP contribution in [-0.4, -0.2) is 41.0 Å². The number of methoxy groups -OCH3 is 1. The highest BCUT2D eigenvalue weighted by atomic mass is 16.5. The summed E-state index contributed by atoms with van der Waals surface area (Å²) in [7, 11) is 1.42. The van der Waals surface area contributed by atoms with E-state index in [1.807, 2.05) is 0 Å². The van der Waals surface area contributed by atoms with E-state index in [4.69, 9.17) is 4.74 Å². The summed E-state index contributed by atoms with van der Waals surface area (Å²) in [5.74, 6) is 0.00266. The topological polar surface area (TPSA) is 99.0 Å². The van der Waals surface area contributed by atoms with Gasteiger partial charge in [0.1, 0.15) is 23.7 Å². The summed E-state index contributed by atoms with van der Waals surface area (Å²) in [6, 6.07) is 4.20. The van der Waals surface area contributed by atoms with Gasteiger partial charge < -0.3 is 25.4 Å². The van der Waals surface area contributed by atoms with Crippen LogP contribution in [0.1, 0.15) is 18.6 Å². The number of benzene rings is 1. The fourth-order valence-electron chi connectivity index (χ4n) is 1.52. The van der Waals surface area contributed by atoms with Gasteiger partial charge in [-0.25, -0.2) is 0 Å². The second-order valence-electron chi connectivity index (χ2n) is 3.88. The van der Waals surface area contributed by atoms with Crippen LogP contribution in [-0.2, 0) is 4.79 Å². The van der Waals surface area contributed by atoms with Crippen molar-refractivity contribution < 1.29 is 24.9 Å². The Balaban J connectivity index is 2.84. The molecule has 4 N–H and O–H groups in total. The highest BCUT2D eigenvalue weighted by Gasteiger charge is 2.22. The molecule has 1 amide bonds. The second-order valence-corrected chi connectivity index (χ2v) is 3.88. The molecule has 0 fully saturated rings. The number of hydrogen-bond donors (Lipinski definition) is 4. The zero-order chi connectivity index (χ0) is 13.7. The molecule has 0 heterocycles. The van der Waals surface area contributed by atoms with Gasteiger partial charge in [0.15, 0.2) is 0 Å². The Morgan fingerprint density at radius 1 is 1.44 bits per heavy atom. The van der Waals surface area contributed by atoms with Crippen molar-refractivity contribution in [3.8, 4) is 11.5 Å². The minimum absolute atomic E-state index is 0.0448. The number of hydrogen-bond acceptors (Lipinski definition) is 5. The van der Waals surface area contributed by atoms with E-state index < -0.39 is 12.2 Å². The average molecular weight is 255 g/mol. The summed E-state index contributed by atoms with van der Waals surface area (Å²) in [5, 5.41) is 31.4. The van der Waals surface area contributed by atoms with Crippen molar-refractivity contribution in [3.05, 3.63) is 23.8 Å². The zero-order valence-electron chi connectivity index (χ0n) is 10.3. The second kappa shape index (κ2) is 6.23. The highest BCUT2D eigenvalue weighted by molar-refractivity contribution is 5.72. The summed E-state index contributed by atoms with van der Waals surface area (Å²) < 4.78 is 5.03. The van der Waals surface area contributed by atoms with Crippen LogP contribution in [0.2, 0.25) is 0 Å². The molecule has 0 aliphatic carbocycles. The van der Waals surface area contributed by atoms with Gasteiger partial charge in [-0.05, 0) is 18.2 Å². The van der Waals surface area contributed by atoms with Crippen molar-refractivity contribution >= 4 is 5.91 Å². The van der Waals surface area contributed by atoms with Crippen molar-refractivity contribution in [2.75, 3.05) is 13.7 Å². The highest BCUT2D eigenvalue weighted by Crippen LogP contribution is 2.30. The van der Waals surface area contributed by atoms with E-state index in [-0.39, 0.29) is 23.8 Å². The standard InChI is InChI=1S/C12H17NO5/c1-7(14)13-6-10(16)12(17)9-5-8(15)3-4-11(9)18-2/h3-5,10,12,15-17H,6H2,1-2H3,(H,13,14). The molecule has 2 atom stereocenters. The zero-order valence-corrected chi connectivity index (χ0v) is 10.3. The average Bonchev–Trinajstić information content (AvgIpc) is 2.34. The third kappa shape index (κ3) is 3.61. The fraction of sp³-hybridized carbons (Fsp3) is 0.417. The van der Waals surface area contributed by atoms with Gasteiger partial charge in [0, 0.05) is 19.0 Å². The molecule has 1 aromatic rings. The van der Waals surface area contributed by atoms with Gasteiger partial charge in [-0.2, -0.15) is 0 Å². The Morgan fingerprint density at radius 2 is 2.11 bits per heavy atom. The monoisotopic (exact) mass is 255 g/mol. The number of carbonyl (C=O) groups is 1. The first kappa shape index (κ1) is 14.3. The largest absolute Gasteiger partial charge is 0.508 e. The maximum atomic E-state index is 10.7. The lowest BCUT2D eigenvalue weighted by atomic mass is 10.0. The van der Waals surface area contributed by atoms with Gasteiger partial charge >= 0.3 is 0 Å². The molecule has 0 aliphatic heterocycles. The van der Waals surface area contributed by atoms with Gasteiger partial charge in [0.05, 0.1) is 7.11 Å². The van der Waals surface area contributed by atoms with Crippen molar-refractivity contribution in [1.29, 1.82) is 0 Å². The van der Waals surface area contributed by atoms with E-state index in [1.165, 1.54) is 32.2 Å². The molecule has 6 nitrogen and oxygen atoms in total. The van der Waals surface area contributed by atoms with E-state index in [9.17, 15) is 20.1 Å². The lowest BCUT2D eigenvalue weighted by molar-refractivity contribution is -0.119. The van der Waals surface area contributed by atoms with E-state index in [0.717, 1.165) is 0 Å². The summed E-state index contributed by atoms with van der Waals surface area (Å²) in [6.45, 7) is 1.23. The van der Waals surface area contributed by atoms with Crippen LogP contribution in [0, 0.1) is 0 Å². The first-order valence-electron chi connectivity index (χ1n) is 5.43. The maximum Gasteiger partial charge on any atom is 0.216 e. The molecule has 1 rings (SSSR count). The smallest absolute Gasteiger partial charge is 0.216 e. The molecule has 1 aromatic carbocycles. The Labute approximate surface area is 105 Å². The lowest BCUT2D eigenvalue weighted by Gasteiger charge is -2.20. The first-order chi connectivity index (χ1) is 8.45. The summed E-state index contributed by atoms with van der Waals surface area (Å²) in [6.07, 6.45) is -2.46. The number of phenols is 1. The van der Waals surface area contributed by atoms with Gasteiger partial charge in [-0.15, -0.1) is 0 Å². The van der Waals surface area contributed by atoms with Crippen molar-refractivity contribution in [3.63, 3.8) is 0 Å². The van der Waals surface area contributed by atoms with Gasteiger partial charge in [0.2, 0.25) is 5.91 Å². The number of rotatable bonds is 5. The Kier molecular flexibility index (Phi) is 4.94. The van der Waals surface area contributed by atoms with Crippen LogP contribution in [0.25, 0.3) is 0 Å². The Hall–Kier alpha value is -1.79. The number of amides is 1. The molecule has 6 heteroatoms. The van der Waals surface area contributed by atoms with Crippen LogP contribution < -0.4 is 10.1 Å². The number of aromatic hydroxyl groups is 1. The van der Waals surface area contributed by atoms with Gasteiger partial charge in [0.25, 0.3) is 0 Å². The minimum atomic E-state index is -1.26. The van der Waals surface area contributed by atoms with Crippen molar-refractivity contribution in [2.24, 2.45) is 0 Å². The van der Waals surface area contributed by atoms with Crippen LogP contribution in [0.5, 0.6) is 11.5 Å². The molecule has 0 spiro atoms. The molecular weight excluding hydrogens is 238 g/mol. The molecule has 0 saturated heterocycles. The number of carbonyl (C=O) groups excluding carboxylic acids is 1. The molecule has 0 aliphatic rings. The number of nitrogens with one attached hydrogen (secondary N) is 1. The van der Waals surface area contributed by atoms with Gasteiger partial charge in [-0.1, -0.05) is 0 Å². The third-order valence-electron chi connectivity index (χ3n) is 2.46. The number of aliphatic hydroxyl groups excluding tert-OH is 2. The molecule has 0 bridgehead atoms. The Morgan fingerprint density at radius 3 is 2.67 bits per heavy atom. The van der Waals surface area contributed by atoms with Crippen molar-refractivity contribution in [2.45, 2.75) is 19.1 Å². The summed E-state index contributed by atoms with van der Waals surface area (Å²) in [5.41, 5.74) is 0.260. The maximum absolute atomic E-state index is 10.7. The molecule has 100 valence electrons. The van der Waals surface area contributed by atoms with E-state index in [1.54, 1.807) is 0 Å².